The third-order valence-electron chi connectivity index (χ3n) is 13.3. The third kappa shape index (κ3) is 6.46. The molecule has 9 rings (SSSR count). The Hall–Kier alpha value is -4.99. The zero-order valence-electron chi connectivity index (χ0n) is 37.4. The van der Waals surface area contributed by atoms with Crippen LogP contribution < -0.4 is 9.64 Å². The summed E-state index contributed by atoms with van der Waals surface area (Å²) in [6.45, 7) is 29.2. The van der Waals surface area contributed by atoms with Crippen LogP contribution in [0.2, 0.25) is 0 Å². The van der Waals surface area contributed by atoms with Crippen molar-refractivity contribution in [3.8, 4) is 17.3 Å². The van der Waals surface area contributed by atoms with Crippen molar-refractivity contribution in [3.63, 3.8) is 0 Å². The Morgan fingerprint density at radius 1 is 0.700 bits per heavy atom. The van der Waals surface area contributed by atoms with E-state index in [1.54, 1.807) is 0 Å². The van der Waals surface area contributed by atoms with Crippen LogP contribution in [-0.2, 0) is 43.9 Å². The summed E-state index contributed by atoms with van der Waals surface area (Å²) < 4.78 is 9.10. The van der Waals surface area contributed by atoms with Gasteiger partial charge in [0.15, 0.2) is 0 Å². The van der Waals surface area contributed by atoms with E-state index in [0.29, 0.717) is 11.5 Å². The Kier molecular flexibility index (Phi) is 9.95. The Bertz CT molecular complexity index is 2880. The minimum Gasteiger partial charge on any atom is -0.503 e. The van der Waals surface area contributed by atoms with Crippen LogP contribution in [0.15, 0.2) is 96.1 Å². The van der Waals surface area contributed by atoms with Gasteiger partial charge < -0.3 is 19.2 Å². The van der Waals surface area contributed by atoms with Crippen LogP contribution in [0.25, 0.3) is 27.6 Å². The second kappa shape index (κ2) is 14.3. The molecule has 7 aromatic rings. The number of rotatable bonds is 5. The van der Waals surface area contributed by atoms with Gasteiger partial charge >= 0.3 is 21.1 Å². The van der Waals surface area contributed by atoms with Gasteiger partial charge in [0, 0.05) is 28.9 Å². The van der Waals surface area contributed by atoms with Crippen LogP contribution in [-0.4, -0.2) is 20.9 Å². The fourth-order valence-electron chi connectivity index (χ4n) is 9.83. The first-order valence-electron chi connectivity index (χ1n) is 21.0. The summed E-state index contributed by atoms with van der Waals surface area (Å²) in [7, 11) is 0. The average Bonchev–Trinajstić information content (AvgIpc) is 3.69. The van der Waals surface area contributed by atoms with Gasteiger partial charge in [0.2, 0.25) is 0 Å². The SMILES string of the molecule is Cc1cc(C)c(N2C(c3[c-]c(Oc4[c-]c5c(cc4)c4cc(C(C)(C)C)ccc4n5-c4cc(C(C)(C)C)ccn4)c(C)cc3)=N[C@]3(C)Cc4c(C)cccc4[C@]23C)c(C)c1.[Pt+2]. The fraction of sp³-hybridized carbons (Fsp3) is 0.333. The van der Waals surface area contributed by atoms with E-state index in [4.69, 9.17) is 14.7 Å². The summed E-state index contributed by atoms with van der Waals surface area (Å²) in [5.41, 5.74) is 14.6. The predicted octanol–water partition coefficient (Wildman–Crippen LogP) is 13.2. The summed E-state index contributed by atoms with van der Waals surface area (Å²) in [5.74, 6) is 3.06. The van der Waals surface area contributed by atoms with E-state index in [1.807, 2.05) is 12.3 Å². The van der Waals surface area contributed by atoms with Crippen molar-refractivity contribution < 1.29 is 25.8 Å². The minimum atomic E-state index is -0.411. The second-order valence-electron chi connectivity index (χ2n) is 19.7. The first-order valence-corrected chi connectivity index (χ1v) is 21.0. The molecule has 0 amide bonds. The van der Waals surface area contributed by atoms with Crippen molar-refractivity contribution in [2.45, 2.75) is 118 Å². The van der Waals surface area contributed by atoms with E-state index in [2.05, 4.69) is 190 Å². The van der Waals surface area contributed by atoms with E-state index in [1.165, 1.54) is 55.6 Å². The first kappa shape index (κ1) is 41.7. The van der Waals surface area contributed by atoms with Gasteiger partial charge in [-0.25, -0.2) is 4.98 Å². The number of aryl methyl sites for hydroxylation is 5. The summed E-state index contributed by atoms with van der Waals surface area (Å²) in [5, 5.41) is 2.28. The van der Waals surface area contributed by atoms with Crippen LogP contribution in [0.4, 0.5) is 5.69 Å². The van der Waals surface area contributed by atoms with E-state index < -0.39 is 11.1 Å². The molecular weight excluding hydrogens is 916 g/mol. The number of anilines is 1. The molecule has 0 bridgehead atoms. The molecular formula is C54H56N4OPt. The molecule has 3 heterocycles. The molecule has 5 nitrogen and oxygen atoms in total. The number of nitrogens with zero attached hydrogens (tertiary/aromatic N) is 4. The number of aromatic nitrogens is 2. The average molecular weight is 972 g/mol. The van der Waals surface area contributed by atoms with E-state index in [-0.39, 0.29) is 31.9 Å². The molecule has 1 aliphatic carbocycles. The van der Waals surface area contributed by atoms with Crippen LogP contribution in [0.5, 0.6) is 11.5 Å². The topological polar surface area (TPSA) is 42.6 Å². The molecule has 2 aromatic heterocycles. The van der Waals surface area contributed by atoms with Gasteiger partial charge in [-0.2, -0.15) is 6.07 Å². The molecule has 0 fully saturated rings. The molecule has 5 aromatic carbocycles. The molecule has 1 aliphatic heterocycles. The zero-order chi connectivity index (χ0) is 42.0. The van der Waals surface area contributed by atoms with Crippen molar-refractivity contribution in [1.82, 2.24) is 9.55 Å². The largest absolute Gasteiger partial charge is 2.00 e. The number of fused-ring (bicyclic) bond motifs is 6. The molecule has 0 saturated heterocycles. The molecule has 0 radical (unpaired) electrons. The maximum atomic E-state index is 6.86. The van der Waals surface area contributed by atoms with Gasteiger partial charge in [0.25, 0.3) is 0 Å². The molecule has 0 unspecified atom stereocenters. The Morgan fingerprint density at radius 3 is 2.10 bits per heavy atom. The number of hydrogen-bond acceptors (Lipinski definition) is 4. The fourth-order valence-corrected chi connectivity index (χ4v) is 9.83. The van der Waals surface area contributed by atoms with Crippen molar-refractivity contribution in [1.29, 1.82) is 0 Å². The first-order chi connectivity index (χ1) is 27.8. The molecule has 6 heteroatoms. The summed E-state index contributed by atoms with van der Waals surface area (Å²) >= 11 is 0. The normalized spacial score (nSPS) is 18.8. The molecule has 60 heavy (non-hydrogen) atoms. The maximum absolute atomic E-state index is 6.86. The number of hydrogen-bond donors (Lipinski definition) is 0. The zero-order valence-corrected chi connectivity index (χ0v) is 39.7. The standard InChI is InChI=1S/C54H56N4O.Pt/c1-32-25-35(4)49(36(5)26-32)58-50(56-53(12)31-43-33(2)15-14-16-44(43)54(53,58)13)37-18-17-34(3)47(27-37)59-40-20-21-41-42-28-38(51(6,7)8)19-22-45(42)57(46(41)30-40)48-29-39(23-24-55-48)52(9,10)11;/h14-26,28-29H,31H2,1-13H3;/q-2;+2/t53-,54+;/m1./s1. The Labute approximate surface area is 371 Å². The van der Waals surface area contributed by atoms with Gasteiger partial charge in [0.1, 0.15) is 5.82 Å². The van der Waals surface area contributed by atoms with Gasteiger partial charge in [-0.15, -0.1) is 35.2 Å². The smallest absolute Gasteiger partial charge is 0.503 e. The molecule has 0 N–H and O–H groups in total. The molecule has 2 atom stereocenters. The van der Waals surface area contributed by atoms with E-state index in [0.717, 1.165) is 45.6 Å². The van der Waals surface area contributed by atoms with Crippen molar-refractivity contribution in [3.05, 3.63) is 159 Å². The van der Waals surface area contributed by atoms with Crippen LogP contribution in [0, 0.1) is 46.8 Å². The number of ether oxygens (including phenoxy) is 1. The predicted molar refractivity (Wildman–Crippen MR) is 245 cm³/mol. The number of amidine groups is 1. The van der Waals surface area contributed by atoms with Gasteiger partial charge in [-0.1, -0.05) is 114 Å². The Morgan fingerprint density at radius 2 is 1.40 bits per heavy atom. The van der Waals surface area contributed by atoms with Crippen molar-refractivity contribution in [2.24, 2.45) is 4.99 Å². The maximum Gasteiger partial charge on any atom is 2.00 e. The van der Waals surface area contributed by atoms with E-state index >= 15 is 0 Å². The van der Waals surface area contributed by atoms with Crippen molar-refractivity contribution >= 4 is 33.3 Å². The third-order valence-corrected chi connectivity index (χ3v) is 13.3. The monoisotopic (exact) mass is 971 g/mol. The number of aliphatic imine (C=N–C) groups is 1. The quantitative estimate of drug-likeness (QED) is 0.161. The van der Waals surface area contributed by atoms with Crippen LogP contribution in [0.3, 0.4) is 0 Å². The summed E-state index contributed by atoms with van der Waals surface area (Å²) in [6, 6.07) is 38.5. The summed E-state index contributed by atoms with van der Waals surface area (Å²) in [6.07, 6.45) is 2.79. The van der Waals surface area contributed by atoms with Crippen molar-refractivity contribution in [2.75, 3.05) is 4.90 Å². The van der Waals surface area contributed by atoms with Gasteiger partial charge in [-0.05, 0) is 121 Å². The van der Waals surface area contributed by atoms with Gasteiger partial charge in [0.05, 0.1) is 16.9 Å². The summed E-state index contributed by atoms with van der Waals surface area (Å²) in [4.78, 5) is 13.2. The molecule has 0 spiro atoms. The Balaban J connectivity index is 0.00000499. The van der Waals surface area contributed by atoms with E-state index in [9.17, 15) is 0 Å². The van der Waals surface area contributed by atoms with Crippen LogP contribution >= 0.6 is 0 Å². The second-order valence-corrected chi connectivity index (χ2v) is 19.7. The minimum absolute atomic E-state index is 0. The molecule has 2 aliphatic rings. The number of pyridine rings is 1. The number of benzene rings is 5. The van der Waals surface area contributed by atoms with Crippen LogP contribution in [0.1, 0.15) is 111 Å². The van der Waals surface area contributed by atoms with Gasteiger partial charge in [-0.3, -0.25) is 0 Å². The molecule has 0 saturated carbocycles. The molecule has 308 valence electrons.